The lowest BCUT2D eigenvalue weighted by molar-refractivity contribution is -0.0888. The first kappa shape index (κ1) is 26.1. The summed E-state index contributed by atoms with van der Waals surface area (Å²) in [5, 5.41) is 3.77. The number of azide groups is 1. The molecule has 1 aliphatic heterocycles. The van der Waals surface area contributed by atoms with Crippen LogP contribution in [0.2, 0.25) is 0 Å². The number of hydrogen-bond acceptors (Lipinski definition) is 8. The number of nitrogens with zero attached hydrogens (tertiary/aromatic N) is 4. The average Bonchev–Trinajstić information content (AvgIpc) is 3.20. The first-order valence-corrected chi connectivity index (χ1v) is 12.5. The van der Waals surface area contributed by atoms with Gasteiger partial charge in [-0.25, -0.2) is 14.4 Å². The molecule has 0 unspecified atom stereocenters. The van der Waals surface area contributed by atoms with Crippen molar-refractivity contribution in [2.45, 2.75) is 31.1 Å². The predicted molar refractivity (Wildman–Crippen MR) is 138 cm³/mol. The molecule has 1 N–H and O–H groups in total. The number of aryl methyl sites for hydroxylation is 1. The maximum atomic E-state index is 13.1. The lowest BCUT2D eigenvalue weighted by atomic mass is 10.1. The number of rotatable bonds is 7. The molecular formula is C24H20IN5O7. The quantitative estimate of drug-likeness (QED) is 0.106. The second-order valence-corrected chi connectivity index (χ2v) is 8.85. The van der Waals surface area contributed by atoms with Gasteiger partial charge in [-0.3, -0.25) is 14.3 Å². The Bertz CT molecular complexity index is 1470. The standard InChI is InChI=1S/C24H20IN5O7/c1-14-12-30(23(34)27-19(14)31)20-17(35-21(32)15-8-4-2-5-9-15)18(24(13-25,37-20)28-29-26)36-22(33)16-10-6-3-7-11-16/h2-12,17-18,20H,13H2,1H3,(H,27,31,34)/t17-,18+,20-,24-/m1/s1. The maximum absolute atomic E-state index is 13.1. The zero-order valence-electron chi connectivity index (χ0n) is 19.3. The van der Waals surface area contributed by atoms with E-state index < -0.39 is 47.3 Å². The van der Waals surface area contributed by atoms with E-state index in [9.17, 15) is 24.7 Å². The molecule has 0 spiro atoms. The third-order valence-electron chi connectivity index (χ3n) is 5.67. The van der Waals surface area contributed by atoms with Crippen molar-refractivity contribution in [1.29, 1.82) is 0 Å². The fourth-order valence-corrected chi connectivity index (χ4v) is 4.60. The molecule has 37 heavy (non-hydrogen) atoms. The van der Waals surface area contributed by atoms with Crippen LogP contribution in [-0.4, -0.2) is 43.9 Å². The molecule has 3 aromatic rings. The van der Waals surface area contributed by atoms with Gasteiger partial charge in [0.1, 0.15) is 0 Å². The number of ether oxygens (including phenoxy) is 3. The molecule has 2 aromatic carbocycles. The van der Waals surface area contributed by atoms with Crippen LogP contribution in [0.4, 0.5) is 0 Å². The van der Waals surface area contributed by atoms with Crippen molar-refractivity contribution in [1.82, 2.24) is 9.55 Å². The molecule has 4 atom stereocenters. The zero-order valence-corrected chi connectivity index (χ0v) is 21.5. The summed E-state index contributed by atoms with van der Waals surface area (Å²) in [6.45, 7) is 1.47. The van der Waals surface area contributed by atoms with E-state index in [2.05, 4.69) is 15.0 Å². The van der Waals surface area contributed by atoms with Gasteiger partial charge >= 0.3 is 17.6 Å². The van der Waals surface area contributed by atoms with Crippen molar-refractivity contribution in [2.75, 3.05) is 4.43 Å². The highest BCUT2D eigenvalue weighted by Gasteiger charge is 2.60. The molecule has 12 nitrogen and oxygen atoms in total. The monoisotopic (exact) mass is 617 g/mol. The van der Waals surface area contributed by atoms with E-state index in [-0.39, 0.29) is 21.1 Å². The Labute approximate surface area is 222 Å². The van der Waals surface area contributed by atoms with Gasteiger partial charge in [0.05, 0.1) is 11.1 Å². The van der Waals surface area contributed by atoms with E-state index in [4.69, 9.17) is 14.2 Å². The van der Waals surface area contributed by atoms with Gasteiger partial charge < -0.3 is 14.2 Å². The van der Waals surface area contributed by atoms with Crippen molar-refractivity contribution in [3.63, 3.8) is 0 Å². The minimum absolute atomic E-state index is 0.0332. The molecule has 190 valence electrons. The molecule has 1 aliphatic rings. The van der Waals surface area contributed by atoms with Crippen LogP contribution in [-0.2, 0) is 14.2 Å². The molecule has 4 rings (SSSR count). The minimum atomic E-state index is -1.85. The van der Waals surface area contributed by atoms with Gasteiger partial charge in [0.25, 0.3) is 5.56 Å². The summed E-state index contributed by atoms with van der Waals surface area (Å²) in [5.41, 5.74) is 6.57. The third-order valence-corrected chi connectivity index (χ3v) is 6.76. The molecule has 0 radical (unpaired) electrons. The van der Waals surface area contributed by atoms with Crippen LogP contribution in [0.5, 0.6) is 0 Å². The molecule has 0 aliphatic carbocycles. The Kier molecular flexibility index (Phi) is 7.76. The van der Waals surface area contributed by atoms with Crippen LogP contribution in [0, 0.1) is 6.92 Å². The fraction of sp³-hybridized carbons (Fsp3) is 0.250. The summed E-state index contributed by atoms with van der Waals surface area (Å²) in [7, 11) is 0. The van der Waals surface area contributed by atoms with Crippen molar-refractivity contribution >= 4 is 34.5 Å². The number of nitrogens with one attached hydrogen (secondary N) is 1. The van der Waals surface area contributed by atoms with E-state index >= 15 is 0 Å². The number of benzene rings is 2. The van der Waals surface area contributed by atoms with Crippen molar-refractivity contribution in [2.24, 2.45) is 5.11 Å². The van der Waals surface area contributed by atoms with Gasteiger partial charge in [0, 0.05) is 21.1 Å². The highest BCUT2D eigenvalue weighted by Crippen LogP contribution is 2.43. The number of H-pyrrole nitrogens is 1. The van der Waals surface area contributed by atoms with Gasteiger partial charge in [-0.1, -0.05) is 64.1 Å². The van der Waals surface area contributed by atoms with Crippen LogP contribution < -0.4 is 11.2 Å². The summed E-state index contributed by atoms with van der Waals surface area (Å²) < 4.78 is 18.5. The van der Waals surface area contributed by atoms with Crippen LogP contribution in [0.25, 0.3) is 10.4 Å². The molecule has 13 heteroatoms. The number of carbonyl (C=O) groups excluding carboxylic acids is 2. The van der Waals surface area contributed by atoms with E-state index in [1.165, 1.54) is 37.4 Å². The van der Waals surface area contributed by atoms with Gasteiger partial charge in [-0.15, -0.1) is 0 Å². The fourth-order valence-electron chi connectivity index (χ4n) is 3.83. The Balaban J connectivity index is 1.84. The van der Waals surface area contributed by atoms with Crippen molar-refractivity contribution in [3.8, 4) is 0 Å². The first-order valence-electron chi connectivity index (χ1n) is 10.9. The summed E-state index contributed by atoms with van der Waals surface area (Å²) in [5.74, 6) is -1.58. The average molecular weight is 617 g/mol. The lowest BCUT2D eigenvalue weighted by Crippen LogP contribution is -2.47. The smallest absolute Gasteiger partial charge is 0.338 e. The Morgan fingerprint density at radius 1 is 1.08 bits per heavy atom. The van der Waals surface area contributed by atoms with E-state index in [0.717, 1.165) is 4.57 Å². The molecule has 1 aromatic heterocycles. The third kappa shape index (κ3) is 5.28. The SMILES string of the molecule is Cc1cn([C@@H]2O[C@@](CI)(N=[N+]=[N-])[C@@H](OC(=O)c3ccccc3)[C@H]2OC(=O)c2ccccc2)c(=O)[nH]c1=O. The van der Waals surface area contributed by atoms with Crippen LogP contribution in [0.3, 0.4) is 0 Å². The summed E-state index contributed by atoms with van der Waals surface area (Å²) in [6, 6.07) is 16.1. The highest BCUT2D eigenvalue weighted by molar-refractivity contribution is 14.1. The van der Waals surface area contributed by atoms with E-state index in [1.807, 2.05) is 22.6 Å². The number of aromatic nitrogens is 2. The van der Waals surface area contributed by atoms with Gasteiger partial charge in [0.2, 0.25) is 0 Å². The second-order valence-electron chi connectivity index (χ2n) is 8.08. The van der Waals surface area contributed by atoms with Gasteiger partial charge in [-0.05, 0) is 36.7 Å². The van der Waals surface area contributed by atoms with Crippen LogP contribution >= 0.6 is 22.6 Å². The van der Waals surface area contributed by atoms with E-state index in [1.54, 1.807) is 36.4 Å². The van der Waals surface area contributed by atoms with Crippen LogP contribution in [0.1, 0.15) is 32.5 Å². The zero-order chi connectivity index (χ0) is 26.6. The topological polar surface area (TPSA) is 165 Å². The summed E-state index contributed by atoms with van der Waals surface area (Å²) in [6.07, 6.45) is -3.08. The molecule has 0 amide bonds. The summed E-state index contributed by atoms with van der Waals surface area (Å²) >= 11 is 1.88. The number of esters is 2. The summed E-state index contributed by atoms with van der Waals surface area (Å²) in [4.78, 5) is 55.9. The molecule has 0 bridgehead atoms. The van der Waals surface area contributed by atoms with Crippen LogP contribution in [0.15, 0.2) is 81.6 Å². The number of halogens is 1. The number of hydrogen-bond donors (Lipinski definition) is 1. The Morgan fingerprint density at radius 2 is 1.65 bits per heavy atom. The Hall–Kier alpha value is -3.94. The number of aromatic amines is 1. The molecular weight excluding hydrogens is 597 g/mol. The molecule has 0 saturated carbocycles. The predicted octanol–water partition coefficient (Wildman–Crippen LogP) is 3.27. The van der Waals surface area contributed by atoms with Gasteiger partial charge in [-0.2, -0.15) is 0 Å². The Morgan fingerprint density at radius 3 is 2.19 bits per heavy atom. The van der Waals surface area contributed by atoms with Crippen molar-refractivity contribution in [3.05, 3.63) is 115 Å². The van der Waals surface area contributed by atoms with Crippen molar-refractivity contribution < 1.29 is 23.8 Å². The number of carbonyl (C=O) groups is 2. The maximum Gasteiger partial charge on any atom is 0.338 e. The van der Waals surface area contributed by atoms with Gasteiger partial charge in [0.15, 0.2) is 24.2 Å². The second kappa shape index (κ2) is 11.0. The molecule has 1 fully saturated rings. The molecule has 2 heterocycles. The first-order chi connectivity index (χ1) is 17.8. The van der Waals surface area contributed by atoms with E-state index in [0.29, 0.717) is 0 Å². The lowest BCUT2D eigenvalue weighted by Gasteiger charge is -2.28. The largest absolute Gasteiger partial charge is 0.451 e. The molecule has 1 saturated heterocycles. The normalized spacial score (nSPS) is 22.6. The minimum Gasteiger partial charge on any atom is -0.451 e. The highest BCUT2D eigenvalue weighted by atomic mass is 127. The number of alkyl halides is 1.